The van der Waals surface area contributed by atoms with Crippen molar-refractivity contribution >= 4 is 50.3 Å². The number of hydrogen-bond donors (Lipinski definition) is 1. The molecular weight excluding hydrogens is 380 g/mol. The summed E-state index contributed by atoms with van der Waals surface area (Å²) in [5, 5.41) is 8.17. The minimum absolute atomic E-state index is 0.136. The first kappa shape index (κ1) is 16.3. The topological polar surface area (TPSA) is 75.2 Å². The molecule has 2 aromatic heterocycles. The molecule has 0 saturated heterocycles. The van der Waals surface area contributed by atoms with Gasteiger partial charge in [0.15, 0.2) is 11.6 Å². The van der Waals surface area contributed by atoms with Crippen molar-refractivity contribution in [2.75, 3.05) is 16.2 Å². The molecule has 3 heterocycles. The zero-order valence-electron chi connectivity index (χ0n) is 12.9. The van der Waals surface area contributed by atoms with Gasteiger partial charge in [0.2, 0.25) is 0 Å². The molecule has 6 nitrogen and oxygen atoms in total. The van der Waals surface area contributed by atoms with Crippen molar-refractivity contribution in [2.45, 2.75) is 10.6 Å². The van der Waals surface area contributed by atoms with E-state index in [2.05, 4.69) is 25.9 Å². The van der Waals surface area contributed by atoms with Gasteiger partial charge in [-0.15, -0.1) is 21.5 Å². The molecule has 0 spiro atoms. The summed E-state index contributed by atoms with van der Waals surface area (Å²) >= 11 is 6.79. The Morgan fingerprint density at radius 1 is 1.08 bits per heavy atom. The first-order valence-corrected chi connectivity index (χ1v) is 10.2. The molecule has 1 aromatic carbocycles. The molecule has 4 rings (SSSR count). The van der Waals surface area contributed by atoms with Gasteiger partial charge < -0.3 is 4.90 Å². The summed E-state index contributed by atoms with van der Waals surface area (Å²) in [6, 6.07) is 14.5. The van der Waals surface area contributed by atoms with Crippen molar-refractivity contribution in [1.29, 1.82) is 0 Å². The van der Waals surface area contributed by atoms with Crippen molar-refractivity contribution in [1.82, 2.24) is 10.2 Å². The number of halogens is 1. The van der Waals surface area contributed by atoms with E-state index in [1.807, 2.05) is 18.2 Å². The molecule has 0 unspecified atom stereocenters. The second kappa shape index (κ2) is 6.29. The molecule has 3 aromatic rings. The summed E-state index contributed by atoms with van der Waals surface area (Å²) < 4.78 is 27.5. The summed E-state index contributed by atoms with van der Waals surface area (Å²) in [5.41, 5.74) is 2.38. The van der Waals surface area contributed by atoms with Gasteiger partial charge in [0.25, 0.3) is 10.0 Å². The Morgan fingerprint density at radius 2 is 1.92 bits per heavy atom. The number of thiophene rings is 1. The van der Waals surface area contributed by atoms with E-state index in [0.717, 1.165) is 30.0 Å². The minimum Gasteiger partial charge on any atom is -0.324 e. The van der Waals surface area contributed by atoms with E-state index < -0.39 is 10.0 Å². The van der Waals surface area contributed by atoms with Crippen LogP contribution in [0.5, 0.6) is 0 Å². The highest BCUT2D eigenvalue weighted by Crippen LogP contribution is 2.33. The summed E-state index contributed by atoms with van der Waals surface area (Å²) in [6.45, 7) is 0.826. The van der Waals surface area contributed by atoms with Gasteiger partial charge in [0.05, 0.1) is 4.34 Å². The zero-order chi connectivity index (χ0) is 17.4. The molecule has 0 amide bonds. The monoisotopic (exact) mass is 392 g/mol. The summed E-state index contributed by atoms with van der Waals surface area (Å²) in [4.78, 5) is 2.07. The predicted molar refractivity (Wildman–Crippen MR) is 99.3 cm³/mol. The van der Waals surface area contributed by atoms with E-state index in [-0.39, 0.29) is 10.0 Å². The molecule has 1 aliphatic heterocycles. The average molecular weight is 393 g/mol. The molecule has 128 valence electrons. The van der Waals surface area contributed by atoms with Crippen LogP contribution in [0.2, 0.25) is 4.34 Å². The summed E-state index contributed by atoms with van der Waals surface area (Å²) in [7, 11) is -3.71. The fourth-order valence-corrected chi connectivity index (χ4v) is 5.21. The number of anilines is 3. The third-order valence-corrected chi connectivity index (χ3v) is 6.94. The Balaban J connectivity index is 1.55. The minimum atomic E-state index is -3.71. The van der Waals surface area contributed by atoms with Gasteiger partial charge in [-0.2, -0.15) is 0 Å². The normalized spacial score (nSPS) is 13.7. The van der Waals surface area contributed by atoms with Crippen LogP contribution in [0, 0.1) is 0 Å². The van der Waals surface area contributed by atoms with Gasteiger partial charge in [0, 0.05) is 12.2 Å². The number of para-hydroxylation sites is 1. The molecule has 0 bridgehead atoms. The standard InChI is InChI=1S/C16H13ClN4O2S2/c17-13-5-8-16(24-13)25(22,23)20-14-6-7-15(19-18-14)21-10-9-11-3-1-2-4-12(11)21/h1-8H,9-10H2,(H,18,20). The highest BCUT2D eigenvalue weighted by Gasteiger charge is 2.22. The van der Waals surface area contributed by atoms with Crippen LogP contribution in [0.25, 0.3) is 0 Å². The lowest BCUT2D eigenvalue weighted by atomic mass is 10.2. The van der Waals surface area contributed by atoms with E-state index in [1.165, 1.54) is 11.6 Å². The Morgan fingerprint density at radius 3 is 2.64 bits per heavy atom. The SMILES string of the molecule is O=S(=O)(Nc1ccc(N2CCc3ccccc32)nn1)c1ccc(Cl)s1. The number of nitrogens with zero attached hydrogens (tertiary/aromatic N) is 3. The number of sulfonamides is 1. The second-order valence-electron chi connectivity index (χ2n) is 5.47. The molecular formula is C16H13ClN4O2S2. The maximum absolute atomic E-state index is 12.3. The molecule has 0 radical (unpaired) electrons. The Hall–Kier alpha value is -2.16. The maximum Gasteiger partial charge on any atom is 0.272 e. The number of rotatable bonds is 4. The van der Waals surface area contributed by atoms with Crippen LogP contribution in [-0.2, 0) is 16.4 Å². The van der Waals surface area contributed by atoms with E-state index in [9.17, 15) is 8.42 Å². The van der Waals surface area contributed by atoms with Crippen molar-refractivity contribution in [3.8, 4) is 0 Å². The molecule has 0 aliphatic carbocycles. The van der Waals surface area contributed by atoms with E-state index in [4.69, 9.17) is 11.6 Å². The quantitative estimate of drug-likeness (QED) is 0.732. The van der Waals surface area contributed by atoms with Gasteiger partial charge in [-0.05, 0) is 42.3 Å². The number of hydrogen-bond acceptors (Lipinski definition) is 6. The Bertz CT molecular complexity index is 1020. The maximum atomic E-state index is 12.3. The third-order valence-electron chi connectivity index (χ3n) is 3.87. The highest BCUT2D eigenvalue weighted by molar-refractivity contribution is 7.94. The first-order valence-electron chi connectivity index (χ1n) is 7.50. The second-order valence-corrected chi connectivity index (χ2v) is 9.10. The predicted octanol–water partition coefficient (Wildman–Crippen LogP) is 3.69. The lowest BCUT2D eigenvalue weighted by molar-refractivity contribution is 0.603. The van der Waals surface area contributed by atoms with Gasteiger partial charge in [-0.1, -0.05) is 29.8 Å². The van der Waals surface area contributed by atoms with Crippen molar-refractivity contribution in [3.05, 3.63) is 58.4 Å². The van der Waals surface area contributed by atoms with Crippen LogP contribution in [-0.4, -0.2) is 25.2 Å². The lowest BCUT2D eigenvalue weighted by Gasteiger charge is -2.17. The number of aromatic nitrogens is 2. The number of fused-ring (bicyclic) bond motifs is 1. The Labute approximate surface area is 154 Å². The summed E-state index contributed by atoms with van der Waals surface area (Å²) in [5.74, 6) is 0.854. The van der Waals surface area contributed by atoms with Crippen LogP contribution in [0.1, 0.15) is 5.56 Å². The molecule has 25 heavy (non-hydrogen) atoms. The van der Waals surface area contributed by atoms with Crippen LogP contribution >= 0.6 is 22.9 Å². The van der Waals surface area contributed by atoms with Gasteiger partial charge >= 0.3 is 0 Å². The van der Waals surface area contributed by atoms with E-state index in [0.29, 0.717) is 10.2 Å². The van der Waals surface area contributed by atoms with Crippen molar-refractivity contribution in [3.63, 3.8) is 0 Å². The van der Waals surface area contributed by atoms with Crippen LogP contribution in [0.15, 0.2) is 52.7 Å². The van der Waals surface area contributed by atoms with E-state index in [1.54, 1.807) is 18.2 Å². The fourth-order valence-electron chi connectivity index (χ4n) is 2.73. The van der Waals surface area contributed by atoms with Gasteiger partial charge in [-0.3, -0.25) is 4.72 Å². The van der Waals surface area contributed by atoms with Crippen molar-refractivity contribution < 1.29 is 8.42 Å². The van der Waals surface area contributed by atoms with Crippen molar-refractivity contribution in [2.24, 2.45) is 0 Å². The fraction of sp³-hybridized carbons (Fsp3) is 0.125. The molecule has 0 atom stereocenters. The highest BCUT2D eigenvalue weighted by atomic mass is 35.5. The molecule has 9 heteroatoms. The van der Waals surface area contributed by atoms with Crippen LogP contribution in [0.3, 0.4) is 0 Å². The summed E-state index contributed by atoms with van der Waals surface area (Å²) in [6.07, 6.45) is 0.950. The number of benzene rings is 1. The van der Waals surface area contributed by atoms with Gasteiger partial charge in [-0.25, -0.2) is 8.42 Å². The molecule has 0 saturated carbocycles. The third kappa shape index (κ3) is 3.20. The lowest BCUT2D eigenvalue weighted by Crippen LogP contribution is -2.17. The molecule has 1 N–H and O–H groups in total. The van der Waals surface area contributed by atoms with Gasteiger partial charge in [0.1, 0.15) is 4.21 Å². The Kier molecular flexibility index (Phi) is 4.10. The van der Waals surface area contributed by atoms with E-state index >= 15 is 0 Å². The molecule has 1 aliphatic rings. The first-order chi connectivity index (χ1) is 12.0. The van der Waals surface area contributed by atoms with Crippen LogP contribution < -0.4 is 9.62 Å². The number of nitrogens with one attached hydrogen (secondary N) is 1. The largest absolute Gasteiger partial charge is 0.324 e. The average Bonchev–Trinajstić information content (AvgIpc) is 3.22. The van der Waals surface area contributed by atoms with Crippen LogP contribution in [0.4, 0.5) is 17.3 Å². The molecule has 0 fully saturated rings. The smallest absolute Gasteiger partial charge is 0.272 e. The zero-order valence-corrected chi connectivity index (χ0v) is 15.3.